The van der Waals surface area contributed by atoms with Crippen LogP contribution in [0.5, 0.6) is 0 Å². The molecule has 0 aliphatic carbocycles. The Labute approximate surface area is 133 Å². The highest BCUT2D eigenvalue weighted by Crippen LogP contribution is 2.13. The minimum atomic E-state index is -0.194. The monoisotopic (exact) mass is 308 g/mol. The zero-order chi connectivity index (χ0) is 16.6. The van der Waals surface area contributed by atoms with Crippen molar-refractivity contribution in [3.8, 4) is 0 Å². The number of nitrogens with one attached hydrogen (secondary N) is 2. The van der Waals surface area contributed by atoms with Crippen LogP contribution in [0.2, 0.25) is 0 Å². The number of rotatable bonds is 7. The van der Waals surface area contributed by atoms with Crippen LogP contribution in [0.3, 0.4) is 0 Å². The Kier molecular flexibility index (Phi) is 7.35. The predicted molar refractivity (Wildman–Crippen MR) is 87.7 cm³/mol. The van der Waals surface area contributed by atoms with Crippen molar-refractivity contribution in [3.63, 3.8) is 0 Å². The van der Waals surface area contributed by atoms with E-state index in [0.29, 0.717) is 19.8 Å². The molecule has 0 heterocycles. The van der Waals surface area contributed by atoms with Gasteiger partial charge in [-0.15, -0.1) is 0 Å². The van der Waals surface area contributed by atoms with Crippen LogP contribution in [0.15, 0.2) is 24.3 Å². The Hall–Kier alpha value is -1.59. The molecular weight excluding hydrogens is 280 g/mol. The third-order valence-corrected chi connectivity index (χ3v) is 2.91. The maximum absolute atomic E-state index is 11.7. The molecule has 0 bridgehead atoms. The maximum atomic E-state index is 11.7. The molecule has 0 spiro atoms. The molecule has 1 rings (SSSR count). The maximum Gasteiger partial charge on any atom is 0.315 e. The van der Waals surface area contributed by atoms with E-state index in [-0.39, 0.29) is 17.7 Å². The fourth-order valence-corrected chi connectivity index (χ4v) is 1.88. The largest absolute Gasteiger partial charge is 0.383 e. The van der Waals surface area contributed by atoms with Crippen LogP contribution in [0.25, 0.3) is 0 Å². The van der Waals surface area contributed by atoms with Crippen molar-refractivity contribution in [3.05, 3.63) is 35.4 Å². The van der Waals surface area contributed by atoms with Crippen LogP contribution in [0.1, 0.15) is 38.8 Å². The van der Waals surface area contributed by atoms with Gasteiger partial charge in [0.1, 0.15) is 0 Å². The van der Waals surface area contributed by atoms with Gasteiger partial charge in [0.05, 0.1) is 24.9 Å². The van der Waals surface area contributed by atoms with Crippen LogP contribution in [0.4, 0.5) is 4.79 Å². The molecule has 5 nitrogen and oxygen atoms in total. The van der Waals surface area contributed by atoms with E-state index >= 15 is 0 Å². The van der Waals surface area contributed by atoms with Crippen LogP contribution >= 0.6 is 0 Å². The van der Waals surface area contributed by atoms with E-state index in [1.807, 2.05) is 52.0 Å². The summed E-state index contributed by atoms with van der Waals surface area (Å²) in [6, 6.07) is 7.82. The van der Waals surface area contributed by atoms with E-state index in [4.69, 9.17) is 9.47 Å². The first kappa shape index (κ1) is 18.5. The summed E-state index contributed by atoms with van der Waals surface area (Å²) in [4.78, 5) is 11.7. The molecule has 0 fully saturated rings. The third kappa shape index (κ3) is 8.00. The van der Waals surface area contributed by atoms with E-state index in [0.717, 1.165) is 11.1 Å². The minimum absolute atomic E-state index is 0.0171. The molecule has 0 saturated carbocycles. The molecule has 124 valence electrons. The van der Waals surface area contributed by atoms with Gasteiger partial charge in [-0.3, -0.25) is 0 Å². The lowest BCUT2D eigenvalue weighted by Gasteiger charge is -2.19. The lowest BCUT2D eigenvalue weighted by Crippen LogP contribution is -2.42. The molecule has 0 unspecified atom stereocenters. The lowest BCUT2D eigenvalue weighted by atomic mass is 10.1. The fourth-order valence-electron chi connectivity index (χ4n) is 1.88. The van der Waals surface area contributed by atoms with Crippen molar-refractivity contribution in [2.24, 2.45) is 0 Å². The highest BCUT2D eigenvalue weighted by atomic mass is 16.5. The second-order valence-electron chi connectivity index (χ2n) is 6.40. The van der Waals surface area contributed by atoms with Crippen molar-refractivity contribution >= 4 is 6.03 Å². The Balaban J connectivity index is 2.44. The summed E-state index contributed by atoms with van der Waals surface area (Å²) in [6.07, 6.45) is 0. The number of amides is 2. The molecule has 0 aromatic heterocycles. The van der Waals surface area contributed by atoms with Gasteiger partial charge in [0.25, 0.3) is 0 Å². The van der Waals surface area contributed by atoms with E-state index in [9.17, 15) is 4.79 Å². The Morgan fingerprint density at radius 1 is 1.27 bits per heavy atom. The Morgan fingerprint density at radius 3 is 2.59 bits per heavy atom. The first-order chi connectivity index (χ1) is 10.3. The van der Waals surface area contributed by atoms with Gasteiger partial charge in [-0.1, -0.05) is 24.3 Å². The third-order valence-electron chi connectivity index (χ3n) is 2.91. The Bertz CT molecular complexity index is 469. The average Bonchev–Trinajstić information content (AvgIpc) is 2.43. The van der Waals surface area contributed by atoms with Gasteiger partial charge in [0.2, 0.25) is 0 Å². The number of urea groups is 1. The van der Waals surface area contributed by atoms with E-state index < -0.39 is 0 Å². The number of ether oxygens (including phenoxy) is 2. The molecule has 0 aliphatic heterocycles. The first-order valence-corrected chi connectivity index (χ1v) is 7.55. The minimum Gasteiger partial charge on any atom is -0.383 e. The first-order valence-electron chi connectivity index (χ1n) is 7.55. The molecule has 2 N–H and O–H groups in total. The van der Waals surface area contributed by atoms with Crippen LogP contribution in [-0.4, -0.2) is 31.4 Å². The summed E-state index contributed by atoms with van der Waals surface area (Å²) >= 11 is 0. The molecule has 0 radical (unpaired) electrons. The zero-order valence-corrected chi connectivity index (χ0v) is 14.2. The summed E-state index contributed by atoms with van der Waals surface area (Å²) in [5.41, 5.74) is 1.98. The zero-order valence-electron chi connectivity index (χ0n) is 14.2. The summed E-state index contributed by atoms with van der Waals surface area (Å²) < 4.78 is 10.7. The SMILES string of the molecule is COC[C@H](C)NC(=O)NCc1cccc(COC(C)(C)C)c1. The van der Waals surface area contributed by atoms with Gasteiger partial charge < -0.3 is 20.1 Å². The van der Waals surface area contributed by atoms with E-state index in [1.165, 1.54) is 0 Å². The number of benzene rings is 1. The second kappa shape index (κ2) is 8.76. The summed E-state index contributed by atoms with van der Waals surface area (Å²) in [5.74, 6) is 0. The molecule has 22 heavy (non-hydrogen) atoms. The lowest BCUT2D eigenvalue weighted by molar-refractivity contribution is -0.0149. The smallest absolute Gasteiger partial charge is 0.315 e. The number of methoxy groups -OCH3 is 1. The molecule has 0 aliphatic rings. The topological polar surface area (TPSA) is 59.6 Å². The van der Waals surface area contributed by atoms with Crippen LogP contribution in [0, 0.1) is 0 Å². The quantitative estimate of drug-likeness (QED) is 0.814. The molecule has 5 heteroatoms. The highest BCUT2D eigenvalue weighted by molar-refractivity contribution is 5.74. The number of carbonyl (C=O) groups is 1. The fraction of sp³-hybridized carbons (Fsp3) is 0.588. The molecular formula is C17H28N2O3. The Morgan fingerprint density at radius 2 is 1.95 bits per heavy atom. The second-order valence-corrected chi connectivity index (χ2v) is 6.40. The van der Waals surface area contributed by atoms with Gasteiger partial charge >= 0.3 is 6.03 Å². The van der Waals surface area contributed by atoms with Crippen LogP contribution in [-0.2, 0) is 22.6 Å². The van der Waals surface area contributed by atoms with Crippen molar-refractivity contribution in [1.82, 2.24) is 10.6 Å². The summed E-state index contributed by atoms with van der Waals surface area (Å²) in [7, 11) is 1.61. The molecule has 2 amide bonds. The molecule has 1 aromatic rings. The van der Waals surface area contributed by atoms with Gasteiger partial charge in [-0.05, 0) is 38.8 Å². The predicted octanol–water partition coefficient (Wildman–Crippen LogP) is 2.84. The van der Waals surface area contributed by atoms with Gasteiger partial charge in [0.15, 0.2) is 0 Å². The van der Waals surface area contributed by atoms with Crippen molar-refractivity contribution in [2.75, 3.05) is 13.7 Å². The number of carbonyl (C=O) groups excluding carboxylic acids is 1. The van der Waals surface area contributed by atoms with Gasteiger partial charge in [-0.2, -0.15) is 0 Å². The highest BCUT2D eigenvalue weighted by Gasteiger charge is 2.10. The van der Waals surface area contributed by atoms with Gasteiger partial charge in [0, 0.05) is 13.7 Å². The summed E-state index contributed by atoms with van der Waals surface area (Å²) in [5, 5.41) is 5.65. The van der Waals surface area contributed by atoms with Crippen LogP contribution < -0.4 is 10.6 Å². The molecule has 1 atom stereocenters. The van der Waals surface area contributed by atoms with Crippen molar-refractivity contribution in [1.29, 1.82) is 0 Å². The van der Waals surface area contributed by atoms with Crippen molar-refractivity contribution in [2.45, 2.75) is 52.5 Å². The van der Waals surface area contributed by atoms with Crippen molar-refractivity contribution < 1.29 is 14.3 Å². The van der Waals surface area contributed by atoms with E-state index in [1.54, 1.807) is 7.11 Å². The standard InChI is InChI=1S/C17H28N2O3/c1-13(11-21-5)19-16(20)18-10-14-7-6-8-15(9-14)12-22-17(2,3)4/h6-9,13H,10-12H2,1-5H3,(H2,18,19,20)/t13-/m0/s1. The molecule has 0 saturated heterocycles. The average molecular weight is 308 g/mol. The summed E-state index contributed by atoms with van der Waals surface area (Å²) in [6.45, 7) is 9.53. The number of hydrogen-bond donors (Lipinski definition) is 2. The van der Waals surface area contributed by atoms with Gasteiger partial charge in [-0.25, -0.2) is 4.79 Å². The normalized spacial score (nSPS) is 12.8. The van der Waals surface area contributed by atoms with E-state index in [2.05, 4.69) is 10.6 Å². The number of hydrogen-bond acceptors (Lipinski definition) is 3. The molecule has 1 aromatic carbocycles.